The number of hydrogen-bond acceptors (Lipinski definition) is 3. The number of aryl methyl sites for hydroxylation is 1. The minimum atomic E-state index is -0.440. The second kappa shape index (κ2) is 5.48. The summed E-state index contributed by atoms with van der Waals surface area (Å²) in [6.45, 7) is 6.73. The van der Waals surface area contributed by atoms with Crippen molar-refractivity contribution in [3.63, 3.8) is 0 Å². The van der Waals surface area contributed by atoms with E-state index in [-0.39, 0.29) is 29.2 Å². The highest BCUT2D eigenvalue weighted by Crippen LogP contribution is 2.53. The molecule has 1 aromatic rings. The molecule has 3 rings (SSSR count). The van der Waals surface area contributed by atoms with Crippen LogP contribution >= 0.6 is 0 Å². The Kier molecular flexibility index (Phi) is 3.87. The lowest BCUT2D eigenvalue weighted by Crippen LogP contribution is -2.53. The van der Waals surface area contributed by atoms with E-state index in [4.69, 9.17) is 0 Å². The molecule has 2 aliphatic rings. The van der Waals surface area contributed by atoms with E-state index in [0.29, 0.717) is 24.2 Å². The summed E-state index contributed by atoms with van der Waals surface area (Å²) >= 11 is 0. The zero-order chi connectivity index (χ0) is 16.8. The van der Waals surface area contributed by atoms with Gasteiger partial charge in [0.15, 0.2) is 0 Å². The number of amides is 1. The van der Waals surface area contributed by atoms with Crippen molar-refractivity contribution in [1.29, 1.82) is 0 Å². The largest absolute Gasteiger partial charge is 0.396 e. The second-order valence-corrected chi connectivity index (χ2v) is 8.07. The molecule has 0 aromatic heterocycles. The third-order valence-corrected chi connectivity index (χ3v) is 5.07. The van der Waals surface area contributed by atoms with E-state index in [1.54, 1.807) is 0 Å². The van der Waals surface area contributed by atoms with Gasteiger partial charge in [-0.15, -0.1) is 0 Å². The van der Waals surface area contributed by atoms with Crippen LogP contribution in [0.4, 0.5) is 10.1 Å². The first kappa shape index (κ1) is 16.2. The van der Waals surface area contributed by atoms with Crippen molar-refractivity contribution in [1.82, 2.24) is 5.32 Å². The molecule has 0 radical (unpaired) electrons. The highest BCUT2D eigenvalue weighted by Gasteiger charge is 2.48. The number of aliphatic hydroxyl groups excluding tert-OH is 1. The number of hydrogen-bond donors (Lipinski definition) is 3. The van der Waals surface area contributed by atoms with Crippen LogP contribution in [0.5, 0.6) is 0 Å². The first-order valence-electron chi connectivity index (χ1n) is 8.18. The van der Waals surface area contributed by atoms with Crippen LogP contribution in [-0.4, -0.2) is 30.2 Å². The summed E-state index contributed by atoms with van der Waals surface area (Å²) in [7, 11) is 0. The van der Waals surface area contributed by atoms with Gasteiger partial charge in [0.1, 0.15) is 11.9 Å². The number of carbonyl (C=O) groups is 1. The number of benzene rings is 1. The van der Waals surface area contributed by atoms with E-state index in [0.717, 1.165) is 18.4 Å². The van der Waals surface area contributed by atoms with E-state index >= 15 is 0 Å². The number of nitrogens with one attached hydrogen (secondary N) is 2. The summed E-state index contributed by atoms with van der Waals surface area (Å²) in [5, 5.41) is 15.7. The molecule has 1 unspecified atom stereocenters. The molecule has 3 N–H and O–H groups in total. The number of aliphatic hydroxyl groups is 1. The van der Waals surface area contributed by atoms with Gasteiger partial charge in [-0.1, -0.05) is 13.8 Å². The van der Waals surface area contributed by atoms with Crippen LogP contribution in [-0.2, 0) is 11.2 Å². The van der Waals surface area contributed by atoms with Crippen molar-refractivity contribution in [3.05, 3.63) is 29.1 Å². The Morgan fingerprint density at radius 3 is 2.74 bits per heavy atom. The average Bonchev–Trinajstić information content (AvgIpc) is 2.86. The zero-order valence-corrected chi connectivity index (χ0v) is 14.0. The summed E-state index contributed by atoms with van der Waals surface area (Å²) in [5.41, 5.74) is 2.16. The van der Waals surface area contributed by atoms with Crippen LogP contribution in [0.25, 0.3) is 0 Å². The smallest absolute Gasteiger partial charge is 0.242 e. The Hall–Kier alpha value is -1.62. The molecule has 0 spiro atoms. The van der Waals surface area contributed by atoms with Gasteiger partial charge in [-0.25, -0.2) is 4.39 Å². The van der Waals surface area contributed by atoms with Crippen molar-refractivity contribution >= 4 is 11.6 Å². The first-order chi connectivity index (χ1) is 10.7. The predicted octanol–water partition coefficient (Wildman–Crippen LogP) is 2.39. The molecule has 1 fully saturated rings. The predicted molar refractivity (Wildman–Crippen MR) is 87.8 cm³/mol. The topological polar surface area (TPSA) is 61.4 Å². The molecule has 0 bridgehead atoms. The van der Waals surface area contributed by atoms with Gasteiger partial charge in [0.2, 0.25) is 5.91 Å². The number of carbonyl (C=O) groups excluding carboxylic acids is 1. The lowest BCUT2D eigenvalue weighted by Gasteiger charge is -2.52. The van der Waals surface area contributed by atoms with Crippen molar-refractivity contribution in [2.75, 3.05) is 18.5 Å². The molecule has 1 heterocycles. The maximum absolute atomic E-state index is 14.0. The number of rotatable bonds is 4. The Morgan fingerprint density at radius 2 is 2.13 bits per heavy atom. The van der Waals surface area contributed by atoms with Crippen LogP contribution in [0.2, 0.25) is 0 Å². The average molecular weight is 320 g/mol. The van der Waals surface area contributed by atoms with Gasteiger partial charge in [-0.05, 0) is 42.9 Å². The van der Waals surface area contributed by atoms with Crippen molar-refractivity contribution < 1.29 is 14.3 Å². The molecule has 1 amide bonds. The molecule has 1 atom stereocenters. The van der Waals surface area contributed by atoms with Crippen molar-refractivity contribution in [3.8, 4) is 0 Å². The summed E-state index contributed by atoms with van der Waals surface area (Å²) in [5.74, 6) is -0.383. The lowest BCUT2D eigenvalue weighted by molar-refractivity contribution is -0.124. The third-order valence-electron chi connectivity index (χ3n) is 5.07. The molecule has 1 aliphatic heterocycles. The first-order valence-corrected chi connectivity index (χ1v) is 8.18. The maximum Gasteiger partial charge on any atom is 0.242 e. The van der Waals surface area contributed by atoms with E-state index in [2.05, 4.69) is 24.5 Å². The molecular formula is C18H25FN2O2. The summed E-state index contributed by atoms with van der Waals surface area (Å²) in [6.07, 6.45) is 2.18. The highest BCUT2D eigenvalue weighted by molar-refractivity contribution is 5.87. The standard InChI is InChI=1S/C18H25FN2O2/c1-11-4-13(19)12-6-15(21-14(12)5-11)16(23)20-9-18(10-22)7-17(2,3)8-18/h4-5,15,21-22H,6-10H2,1-3H3,(H,20,23). The summed E-state index contributed by atoms with van der Waals surface area (Å²) in [6, 6.07) is 2.93. The lowest BCUT2D eigenvalue weighted by atomic mass is 9.54. The second-order valence-electron chi connectivity index (χ2n) is 8.07. The normalized spacial score (nSPS) is 23.6. The van der Waals surface area contributed by atoms with Crippen LogP contribution in [0.15, 0.2) is 12.1 Å². The summed E-state index contributed by atoms with van der Waals surface area (Å²) < 4.78 is 14.0. The third kappa shape index (κ3) is 3.07. The maximum atomic E-state index is 14.0. The van der Waals surface area contributed by atoms with E-state index in [9.17, 15) is 14.3 Å². The van der Waals surface area contributed by atoms with Gasteiger partial charge < -0.3 is 15.7 Å². The molecule has 1 aliphatic carbocycles. The van der Waals surface area contributed by atoms with E-state index in [1.165, 1.54) is 6.07 Å². The van der Waals surface area contributed by atoms with Crippen LogP contribution in [0.3, 0.4) is 0 Å². The number of fused-ring (bicyclic) bond motifs is 1. The van der Waals surface area contributed by atoms with Gasteiger partial charge in [0, 0.05) is 29.6 Å². The molecule has 23 heavy (non-hydrogen) atoms. The molecular weight excluding hydrogens is 295 g/mol. The van der Waals surface area contributed by atoms with Gasteiger partial charge >= 0.3 is 0 Å². The quantitative estimate of drug-likeness (QED) is 0.798. The monoisotopic (exact) mass is 320 g/mol. The molecule has 1 saturated carbocycles. The molecule has 5 heteroatoms. The molecule has 0 saturated heterocycles. The molecule has 4 nitrogen and oxygen atoms in total. The van der Waals surface area contributed by atoms with Crippen molar-refractivity contribution in [2.45, 2.75) is 46.1 Å². The highest BCUT2D eigenvalue weighted by atomic mass is 19.1. The summed E-state index contributed by atoms with van der Waals surface area (Å²) in [4.78, 5) is 12.4. The van der Waals surface area contributed by atoms with Gasteiger partial charge in [0.25, 0.3) is 0 Å². The van der Waals surface area contributed by atoms with Gasteiger partial charge in [0.05, 0.1) is 6.61 Å². The molecule has 126 valence electrons. The van der Waals surface area contributed by atoms with Gasteiger partial charge in [-0.3, -0.25) is 4.79 Å². The molecule has 1 aromatic carbocycles. The fourth-order valence-corrected chi connectivity index (χ4v) is 4.38. The Bertz CT molecular complexity index is 634. The zero-order valence-electron chi connectivity index (χ0n) is 14.0. The minimum Gasteiger partial charge on any atom is -0.396 e. The van der Waals surface area contributed by atoms with E-state index < -0.39 is 6.04 Å². The van der Waals surface area contributed by atoms with Gasteiger partial charge in [-0.2, -0.15) is 0 Å². The Morgan fingerprint density at radius 1 is 1.43 bits per heavy atom. The number of halogens is 1. The SMILES string of the molecule is Cc1cc(F)c2c(c1)NC(C(=O)NCC1(CO)CC(C)(C)C1)C2. The number of anilines is 1. The van der Waals surface area contributed by atoms with Crippen molar-refractivity contribution in [2.24, 2.45) is 10.8 Å². The van der Waals surface area contributed by atoms with E-state index in [1.807, 2.05) is 13.0 Å². The van der Waals surface area contributed by atoms with Crippen LogP contribution in [0.1, 0.15) is 37.8 Å². The Labute approximate surface area is 136 Å². The van der Waals surface area contributed by atoms with Crippen LogP contribution < -0.4 is 10.6 Å². The fraction of sp³-hybridized carbons (Fsp3) is 0.611. The minimum absolute atomic E-state index is 0.0862. The Balaban J connectivity index is 1.60. The van der Waals surface area contributed by atoms with Crippen LogP contribution in [0, 0.1) is 23.6 Å². The fourth-order valence-electron chi connectivity index (χ4n) is 4.38.